The molecule has 1 heteroatoms. The zero-order valence-corrected chi connectivity index (χ0v) is 5.84. The summed E-state index contributed by atoms with van der Waals surface area (Å²) in [5.74, 6) is 2.06. The van der Waals surface area contributed by atoms with Crippen LogP contribution in [-0.2, 0) is 0 Å². The van der Waals surface area contributed by atoms with Crippen LogP contribution in [0.2, 0.25) is 0 Å². The van der Waals surface area contributed by atoms with E-state index < -0.39 is 0 Å². The fourth-order valence-electron chi connectivity index (χ4n) is 2.61. The minimum Gasteiger partial charge on any atom is -0.328 e. The van der Waals surface area contributed by atoms with E-state index in [0.29, 0.717) is 6.04 Å². The van der Waals surface area contributed by atoms with Gasteiger partial charge < -0.3 is 5.73 Å². The van der Waals surface area contributed by atoms with Gasteiger partial charge in [-0.15, -0.1) is 0 Å². The molecule has 1 nitrogen and oxygen atoms in total. The molecule has 1 unspecified atom stereocenters. The van der Waals surface area contributed by atoms with E-state index >= 15 is 0 Å². The lowest BCUT2D eigenvalue weighted by Gasteiger charge is -2.04. The third kappa shape index (κ3) is 0.877. The van der Waals surface area contributed by atoms with E-state index in [1.54, 1.807) is 0 Å². The lowest BCUT2D eigenvalue weighted by molar-refractivity contribution is 0.457. The summed E-state index contributed by atoms with van der Waals surface area (Å²) >= 11 is 0. The van der Waals surface area contributed by atoms with Gasteiger partial charge in [-0.25, -0.2) is 0 Å². The normalized spacial score (nSPS) is 49.7. The van der Waals surface area contributed by atoms with Gasteiger partial charge in [-0.05, 0) is 24.7 Å². The largest absolute Gasteiger partial charge is 0.328 e. The number of rotatable bonds is 0. The summed E-state index contributed by atoms with van der Waals surface area (Å²) in [5, 5.41) is 0. The van der Waals surface area contributed by atoms with Crippen molar-refractivity contribution in [3.8, 4) is 0 Å². The number of hydrogen-bond acceptors (Lipinski definition) is 1. The summed E-state index contributed by atoms with van der Waals surface area (Å²) in [6, 6.07) is 0.556. The molecule has 2 fully saturated rings. The van der Waals surface area contributed by atoms with Crippen LogP contribution in [0, 0.1) is 11.8 Å². The van der Waals surface area contributed by atoms with Crippen LogP contribution in [0.15, 0.2) is 0 Å². The molecule has 52 valence electrons. The molecule has 0 aromatic carbocycles. The van der Waals surface area contributed by atoms with Crippen LogP contribution in [0.5, 0.6) is 0 Å². The Labute approximate surface area is 56.6 Å². The predicted octanol–water partition coefficient (Wildman–Crippen LogP) is 1.52. The minimum absolute atomic E-state index is 0.556. The van der Waals surface area contributed by atoms with Gasteiger partial charge in [0.25, 0.3) is 0 Å². The van der Waals surface area contributed by atoms with E-state index in [1.165, 1.54) is 32.1 Å². The zero-order valence-electron chi connectivity index (χ0n) is 5.84. The maximum atomic E-state index is 5.82. The Morgan fingerprint density at radius 2 is 1.56 bits per heavy atom. The van der Waals surface area contributed by atoms with Crippen LogP contribution < -0.4 is 5.73 Å². The summed E-state index contributed by atoms with van der Waals surface area (Å²) in [5.41, 5.74) is 5.82. The van der Waals surface area contributed by atoms with Crippen LogP contribution >= 0.6 is 0 Å². The molecule has 9 heavy (non-hydrogen) atoms. The van der Waals surface area contributed by atoms with E-state index in [1.807, 2.05) is 0 Å². The Morgan fingerprint density at radius 3 is 2.11 bits per heavy atom. The monoisotopic (exact) mass is 125 g/mol. The average molecular weight is 125 g/mol. The fraction of sp³-hybridized carbons (Fsp3) is 1.00. The van der Waals surface area contributed by atoms with Crippen LogP contribution in [0.1, 0.15) is 32.1 Å². The minimum atomic E-state index is 0.556. The SMILES string of the molecule is NC1C[C@H]2CCC[C@H]2C1. The molecular weight excluding hydrogens is 110 g/mol. The Hall–Kier alpha value is -0.0400. The number of hydrogen-bond donors (Lipinski definition) is 1. The number of nitrogens with two attached hydrogens (primary N) is 1. The third-order valence-corrected chi connectivity index (χ3v) is 3.03. The van der Waals surface area contributed by atoms with Crippen molar-refractivity contribution in [1.82, 2.24) is 0 Å². The van der Waals surface area contributed by atoms with Crippen LogP contribution in [0.4, 0.5) is 0 Å². The van der Waals surface area contributed by atoms with Crippen LogP contribution in [0.3, 0.4) is 0 Å². The Balaban J connectivity index is 2.02. The van der Waals surface area contributed by atoms with Crippen LogP contribution in [0.25, 0.3) is 0 Å². The van der Waals surface area contributed by atoms with Crippen LogP contribution in [-0.4, -0.2) is 6.04 Å². The van der Waals surface area contributed by atoms with Gasteiger partial charge in [0.2, 0.25) is 0 Å². The second-order valence-corrected chi connectivity index (χ2v) is 3.68. The summed E-state index contributed by atoms with van der Waals surface area (Å²) in [7, 11) is 0. The molecule has 2 saturated carbocycles. The van der Waals surface area contributed by atoms with E-state index in [-0.39, 0.29) is 0 Å². The molecule has 0 bridgehead atoms. The van der Waals surface area contributed by atoms with E-state index in [2.05, 4.69) is 0 Å². The van der Waals surface area contributed by atoms with Crippen molar-refractivity contribution in [3.05, 3.63) is 0 Å². The summed E-state index contributed by atoms with van der Waals surface area (Å²) in [6.45, 7) is 0. The molecule has 2 N–H and O–H groups in total. The fourth-order valence-corrected chi connectivity index (χ4v) is 2.61. The highest BCUT2D eigenvalue weighted by molar-refractivity contribution is 4.89. The van der Waals surface area contributed by atoms with Crippen molar-refractivity contribution in [1.29, 1.82) is 0 Å². The molecule has 3 atom stereocenters. The third-order valence-electron chi connectivity index (χ3n) is 3.03. The van der Waals surface area contributed by atoms with Crippen molar-refractivity contribution >= 4 is 0 Å². The molecule has 0 amide bonds. The Bertz CT molecular complexity index is 99.1. The van der Waals surface area contributed by atoms with Crippen molar-refractivity contribution < 1.29 is 0 Å². The first-order chi connectivity index (χ1) is 4.36. The second kappa shape index (κ2) is 1.98. The smallest absolute Gasteiger partial charge is 0.00443 e. The van der Waals surface area contributed by atoms with E-state index in [0.717, 1.165) is 11.8 Å². The highest BCUT2D eigenvalue weighted by Gasteiger charge is 2.35. The van der Waals surface area contributed by atoms with Gasteiger partial charge in [-0.3, -0.25) is 0 Å². The molecule has 2 aliphatic carbocycles. The van der Waals surface area contributed by atoms with E-state index in [4.69, 9.17) is 5.73 Å². The van der Waals surface area contributed by atoms with Gasteiger partial charge in [0.05, 0.1) is 0 Å². The standard InChI is InChI=1S/C8H15N/c9-8-4-6-2-1-3-7(6)5-8/h6-8H,1-5,9H2/t6-,7+,8?. The highest BCUT2D eigenvalue weighted by atomic mass is 14.7. The topological polar surface area (TPSA) is 26.0 Å². The molecule has 0 aliphatic heterocycles. The molecule has 0 aromatic heterocycles. The van der Waals surface area contributed by atoms with Crippen molar-refractivity contribution in [3.63, 3.8) is 0 Å². The first-order valence-electron chi connectivity index (χ1n) is 4.12. The van der Waals surface area contributed by atoms with Crippen molar-refractivity contribution in [2.45, 2.75) is 38.1 Å². The second-order valence-electron chi connectivity index (χ2n) is 3.68. The van der Waals surface area contributed by atoms with Crippen molar-refractivity contribution in [2.24, 2.45) is 17.6 Å². The molecular formula is C8H15N. The summed E-state index contributed by atoms with van der Waals surface area (Å²) in [4.78, 5) is 0. The maximum absolute atomic E-state index is 5.82. The molecule has 0 aromatic rings. The highest BCUT2D eigenvalue weighted by Crippen LogP contribution is 2.42. The zero-order chi connectivity index (χ0) is 6.27. The van der Waals surface area contributed by atoms with Gasteiger partial charge >= 0.3 is 0 Å². The quantitative estimate of drug-likeness (QED) is 0.522. The van der Waals surface area contributed by atoms with E-state index in [9.17, 15) is 0 Å². The lowest BCUT2D eigenvalue weighted by atomic mass is 10.0. The predicted molar refractivity (Wildman–Crippen MR) is 38.0 cm³/mol. The molecule has 0 saturated heterocycles. The molecule has 0 radical (unpaired) electrons. The Morgan fingerprint density at radius 1 is 1.00 bits per heavy atom. The lowest BCUT2D eigenvalue weighted by Crippen LogP contribution is -2.15. The summed E-state index contributed by atoms with van der Waals surface area (Å²) < 4.78 is 0. The molecule has 2 aliphatic rings. The average Bonchev–Trinajstić information content (AvgIpc) is 2.22. The van der Waals surface area contributed by atoms with Gasteiger partial charge in [-0.2, -0.15) is 0 Å². The first-order valence-corrected chi connectivity index (χ1v) is 4.12. The van der Waals surface area contributed by atoms with Gasteiger partial charge in [-0.1, -0.05) is 19.3 Å². The summed E-state index contributed by atoms with van der Waals surface area (Å²) in [6.07, 6.45) is 7.06. The van der Waals surface area contributed by atoms with Gasteiger partial charge in [0.15, 0.2) is 0 Å². The Kier molecular flexibility index (Phi) is 1.26. The first kappa shape index (κ1) is 5.72. The maximum Gasteiger partial charge on any atom is 0.00443 e. The molecule has 0 heterocycles. The van der Waals surface area contributed by atoms with Gasteiger partial charge in [0, 0.05) is 6.04 Å². The van der Waals surface area contributed by atoms with Gasteiger partial charge in [0.1, 0.15) is 0 Å². The molecule has 2 rings (SSSR count). The number of fused-ring (bicyclic) bond motifs is 1. The van der Waals surface area contributed by atoms with Crippen molar-refractivity contribution in [2.75, 3.05) is 0 Å². The molecule has 0 spiro atoms.